The van der Waals surface area contributed by atoms with E-state index in [0.29, 0.717) is 6.42 Å². The number of carbonyl (C=O) groups is 1. The maximum Gasteiger partial charge on any atom is 0.225 e. The van der Waals surface area contributed by atoms with E-state index in [1.807, 2.05) is 6.92 Å². The molecule has 0 aromatic carbocycles. The summed E-state index contributed by atoms with van der Waals surface area (Å²) in [5.74, 6) is 0.821. The normalized spacial score (nSPS) is 10.3. The minimum atomic E-state index is 0.0717. The predicted octanol–water partition coefficient (Wildman–Crippen LogP) is 2.49. The van der Waals surface area contributed by atoms with E-state index < -0.39 is 0 Å². The molecule has 0 saturated carbocycles. The average Bonchev–Trinajstić information content (AvgIpc) is 2.65. The minimum Gasteiger partial charge on any atom is -0.311 e. The number of hydrogen-bond donors (Lipinski definition) is 2. The second kappa shape index (κ2) is 6.22. The van der Waals surface area contributed by atoms with Gasteiger partial charge >= 0.3 is 0 Å². The SMILES string of the molecule is CCCCCC(=O)Nc1[nH]ncc1CC. The average molecular weight is 209 g/mol. The molecule has 1 heterocycles. The summed E-state index contributed by atoms with van der Waals surface area (Å²) in [7, 11) is 0. The molecule has 0 aliphatic heterocycles. The fraction of sp³-hybridized carbons (Fsp3) is 0.636. The number of nitrogens with one attached hydrogen (secondary N) is 2. The Kier molecular flexibility index (Phi) is 4.87. The van der Waals surface area contributed by atoms with Crippen molar-refractivity contribution >= 4 is 11.7 Å². The van der Waals surface area contributed by atoms with Crippen LogP contribution in [0.3, 0.4) is 0 Å². The first-order chi connectivity index (χ1) is 7.27. The van der Waals surface area contributed by atoms with Crippen LogP contribution in [0.25, 0.3) is 0 Å². The van der Waals surface area contributed by atoms with Crippen LogP contribution in [0.4, 0.5) is 5.82 Å². The molecule has 4 heteroatoms. The van der Waals surface area contributed by atoms with E-state index in [1.165, 1.54) is 0 Å². The Morgan fingerprint density at radius 3 is 2.93 bits per heavy atom. The number of anilines is 1. The van der Waals surface area contributed by atoms with Crippen LogP contribution in [0.1, 0.15) is 45.1 Å². The minimum absolute atomic E-state index is 0.0717. The molecule has 15 heavy (non-hydrogen) atoms. The number of hydrogen-bond acceptors (Lipinski definition) is 2. The number of H-pyrrole nitrogens is 1. The first-order valence-corrected chi connectivity index (χ1v) is 5.60. The highest BCUT2D eigenvalue weighted by Crippen LogP contribution is 2.12. The second-order valence-corrected chi connectivity index (χ2v) is 3.63. The van der Waals surface area contributed by atoms with E-state index >= 15 is 0 Å². The molecule has 0 unspecified atom stereocenters. The molecule has 0 fully saturated rings. The van der Waals surface area contributed by atoms with Gasteiger partial charge in [-0.25, -0.2) is 0 Å². The van der Waals surface area contributed by atoms with Gasteiger partial charge in [-0.3, -0.25) is 9.89 Å². The summed E-state index contributed by atoms with van der Waals surface area (Å²) in [6, 6.07) is 0. The zero-order valence-electron chi connectivity index (χ0n) is 9.47. The summed E-state index contributed by atoms with van der Waals surface area (Å²) < 4.78 is 0. The molecule has 2 N–H and O–H groups in total. The second-order valence-electron chi connectivity index (χ2n) is 3.63. The monoisotopic (exact) mass is 209 g/mol. The molecule has 1 aromatic heterocycles. The zero-order chi connectivity index (χ0) is 11.1. The quantitative estimate of drug-likeness (QED) is 0.707. The van der Waals surface area contributed by atoms with Crippen molar-refractivity contribution in [2.45, 2.75) is 46.0 Å². The van der Waals surface area contributed by atoms with E-state index in [1.54, 1.807) is 6.20 Å². The molecular formula is C11H19N3O. The van der Waals surface area contributed by atoms with Gasteiger partial charge in [-0.2, -0.15) is 5.10 Å². The van der Waals surface area contributed by atoms with Crippen LogP contribution >= 0.6 is 0 Å². The van der Waals surface area contributed by atoms with E-state index in [-0.39, 0.29) is 5.91 Å². The van der Waals surface area contributed by atoms with Crippen molar-refractivity contribution in [3.05, 3.63) is 11.8 Å². The first-order valence-electron chi connectivity index (χ1n) is 5.60. The molecule has 0 aliphatic carbocycles. The van der Waals surface area contributed by atoms with Crippen molar-refractivity contribution in [3.8, 4) is 0 Å². The van der Waals surface area contributed by atoms with Crippen LogP contribution in [0.5, 0.6) is 0 Å². The van der Waals surface area contributed by atoms with Crippen molar-refractivity contribution < 1.29 is 4.79 Å². The highest BCUT2D eigenvalue weighted by Gasteiger charge is 2.06. The number of nitrogens with zero attached hydrogens (tertiary/aromatic N) is 1. The van der Waals surface area contributed by atoms with Crippen molar-refractivity contribution in [1.82, 2.24) is 10.2 Å². The summed E-state index contributed by atoms with van der Waals surface area (Å²) in [6.07, 6.45) is 6.42. The van der Waals surface area contributed by atoms with E-state index in [9.17, 15) is 4.79 Å². The lowest BCUT2D eigenvalue weighted by molar-refractivity contribution is -0.116. The fourth-order valence-electron chi connectivity index (χ4n) is 1.42. The van der Waals surface area contributed by atoms with Gasteiger partial charge in [0.25, 0.3) is 0 Å². The number of amides is 1. The summed E-state index contributed by atoms with van der Waals surface area (Å²) in [6.45, 7) is 4.17. The molecule has 0 atom stereocenters. The molecule has 1 amide bonds. The van der Waals surface area contributed by atoms with Crippen LogP contribution in [0.15, 0.2) is 6.20 Å². The lowest BCUT2D eigenvalue weighted by atomic mass is 10.2. The first kappa shape index (κ1) is 11.8. The number of aromatic amines is 1. The summed E-state index contributed by atoms with van der Waals surface area (Å²) in [5, 5.41) is 9.54. The van der Waals surface area contributed by atoms with Crippen LogP contribution < -0.4 is 5.32 Å². The number of carbonyl (C=O) groups excluding carboxylic acids is 1. The standard InChI is InChI=1S/C11H19N3O/c1-3-5-6-7-10(15)13-11-9(4-2)8-12-14-11/h8H,3-7H2,1-2H3,(H2,12,13,14,15). The Morgan fingerprint density at radius 1 is 1.47 bits per heavy atom. The van der Waals surface area contributed by atoms with Gasteiger partial charge in [-0.15, -0.1) is 0 Å². The zero-order valence-corrected chi connectivity index (χ0v) is 9.47. The molecule has 0 spiro atoms. The van der Waals surface area contributed by atoms with Gasteiger partial charge in [0, 0.05) is 12.0 Å². The Hall–Kier alpha value is -1.32. The van der Waals surface area contributed by atoms with Crippen LogP contribution in [0.2, 0.25) is 0 Å². The van der Waals surface area contributed by atoms with E-state index in [0.717, 1.165) is 37.1 Å². The molecule has 0 saturated heterocycles. The largest absolute Gasteiger partial charge is 0.311 e. The van der Waals surface area contributed by atoms with Gasteiger partial charge in [-0.1, -0.05) is 26.7 Å². The molecule has 84 valence electrons. The summed E-state index contributed by atoms with van der Waals surface area (Å²) in [5.41, 5.74) is 1.05. The lowest BCUT2D eigenvalue weighted by Gasteiger charge is -2.03. The van der Waals surface area contributed by atoms with E-state index in [4.69, 9.17) is 0 Å². The Morgan fingerprint density at radius 2 is 2.27 bits per heavy atom. The molecule has 4 nitrogen and oxygen atoms in total. The molecule has 1 rings (SSSR count). The topological polar surface area (TPSA) is 57.8 Å². The van der Waals surface area contributed by atoms with Crippen molar-refractivity contribution in [2.75, 3.05) is 5.32 Å². The highest BCUT2D eigenvalue weighted by molar-refractivity contribution is 5.90. The fourth-order valence-corrected chi connectivity index (χ4v) is 1.42. The number of aromatic nitrogens is 2. The molecule has 1 aromatic rings. The van der Waals surface area contributed by atoms with Crippen LogP contribution in [0, 0.1) is 0 Å². The molecule has 0 bridgehead atoms. The third kappa shape index (κ3) is 3.73. The molecule has 0 radical (unpaired) electrons. The predicted molar refractivity (Wildman–Crippen MR) is 60.7 cm³/mol. The highest BCUT2D eigenvalue weighted by atomic mass is 16.1. The third-order valence-electron chi connectivity index (χ3n) is 2.37. The maximum absolute atomic E-state index is 11.5. The Bertz CT molecular complexity index is 307. The number of unbranched alkanes of at least 4 members (excludes halogenated alkanes) is 2. The van der Waals surface area contributed by atoms with Crippen molar-refractivity contribution in [1.29, 1.82) is 0 Å². The molecular weight excluding hydrogens is 190 g/mol. The van der Waals surface area contributed by atoms with Gasteiger partial charge in [0.2, 0.25) is 5.91 Å². The lowest BCUT2D eigenvalue weighted by Crippen LogP contribution is -2.12. The van der Waals surface area contributed by atoms with Crippen LogP contribution in [-0.4, -0.2) is 16.1 Å². The Labute approximate surface area is 90.5 Å². The van der Waals surface area contributed by atoms with Crippen molar-refractivity contribution in [2.24, 2.45) is 0 Å². The summed E-state index contributed by atoms with van der Waals surface area (Å²) >= 11 is 0. The maximum atomic E-state index is 11.5. The van der Waals surface area contributed by atoms with Crippen molar-refractivity contribution in [3.63, 3.8) is 0 Å². The number of rotatable bonds is 6. The van der Waals surface area contributed by atoms with Gasteiger partial charge in [0.1, 0.15) is 5.82 Å². The van der Waals surface area contributed by atoms with Gasteiger partial charge < -0.3 is 5.32 Å². The van der Waals surface area contributed by atoms with Gasteiger partial charge in [-0.05, 0) is 12.8 Å². The summed E-state index contributed by atoms with van der Waals surface area (Å²) in [4.78, 5) is 11.5. The van der Waals surface area contributed by atoms with Gasteiger partial charge in [0.05, 0.1) is 6.20 Å². The molecule has 0 aliphatic rings. The van der Waals surface area contributed by atoms with Crippen LogP contribution in [-0.2, 0) is 11.2 Å². The van der Waals surface area contributed by atoms with E-state index in [2.05, 4.69) is 22.4 Å². The third-order valence-corrected chi connectivity index (χ3v) is 2.37. The Balaban J connectivity index is 2.37. The smallest absolute Gasteiger partial charge is 0.225 e. The number of aryl methyl sites for hydroxylation is 1. The van der Waals surface area contributed by atoms with Gasteiger partial charge in [0.15, 0.2) is 0 Å².